The Hall–Kier alpha value is -2.02. The lowest BCUT2D eigenvalue weighted by Crippen LogP contribution is -2.41. The van der Waals surface area contributed by atoms with Crippen LogP contribution in [0.3, 0.4) is 0 Å². The second-order valence-corrected chi connectivity index (χ2v) is 4.98. The fourth-order valence-electron chi connectivity index (χ4n) is 1.92. The molecule has 6 nitrogen and oxygen atoms in total. The van der Waals surface area contributed by atoms with Crippen LogP contribution in [0.25, 0.3) is 0 Å². The number of rotatable bonds is 5. The number of hydrogen-bond acceptors (Lipinski definition) is 6. The Morgan fingerprint density at radius 2 is 1.81 bits per heavy atom. The largest absolute Gasteiger partial charge is 0.497 e. The summed E-state index contributed by atoms with van der Waals surface area (Å²) in [6, 6.07) is 7.00. The summed E-state index contributed by atoms with van der Waals surface area (Å²) in [6.45, 7) is 0.0378. The van der Waals surface area contributed by atoms with Crippen molar-refractivity contribution in [2.24, 2.45) is 0 Å². The lowest BCUT2D eigenvalue weighted by Gasteiger charge is -2.19. The van der Waals surface area contributed by atoms with E-state index in [1.165, 1.54) is 0 Å². The highest BCUT2D eigenvalue weighted by Gasteiger charge is 2.37. The predicted molar refractivity (Wildman–Crippen MR) is 76.7 cm³/mol. The summed E-state index contributed by atoms with van der Waals surface area (Å²) in [5.74, 6) is -0.828. The number of esters is 1. The molecule has 1 saturated heterocycles. The van der Waals surface area contributed by atoms with Crippen molar-refractivity contribution in [3.05, 3.63) is 29.8 Å². The number of carbonyl (C=O) groups excluding carboxylic acids is 3. The molecule has 0 N–H and O–H groups in total. The fourth-order valence-corrected chi connectivity index (χ4v) is 2.25. The molecule has 2 amide bonds. The molecule has 0 bridgehead atoms. The molecule has 0 spiro atoms. The van der Waals surface area contributed by atoms with E-state index in [0.29, 0.717) is 5.75 Å². The van der Waals surface area contributed by atoms with Gasteiger partial charge in [0.1, 0.15) is 12.4 Å². The van der Waals surface area contributed by atoms with E-state index in [2.05, 4.69) is 12.6 Å². The molecule has 1 aliphatic rings. The lowest BCUT2D eigenvalue weighted by molar-refractivity contribution is -0.154. The van der Waals surface area contributed by atoms with Gasteiger partial charge in [0.05, 0.1) is 7.11 Å². The molecule has 1 unspecified atom stereocenters. The summed E-state index contributed by atoms with van der Waals surface area (Å²) in [4.78, 5) is 35.7. The van der Waals surface area contributed by atoms with Gasteiger partial charge in [-0.15, -0.1) is 12.6 Å². The topological polar surface area (TPSA) is 72.9 Å². The molecule has 1 aromatic carbocycles. The Morgan fingerprint density at radius 1 is 1.24 bits per heavy atom. The van der Waals surface area contributed by atoms with Crippen LogP contribution in [0.1, 0.15) is 18.4 Å². The van der Waals surface area contributed by atoms with Crippen molar-refractivity contribution >= 4 is 30.4 Å². The number of amides is 2. The monoisotopic (exact) mass is 309 g/mol. The number of likely N-dealkylation sites (tertiary alicyclic amines) is 1. The molecular weight excluding hydrogens is 294 g/mol. The molecule has 1 atom stereocenters. The van der Waals surface area contributed by atoms with Gasteiger partial charge in [0.2, 0.25) is 11.8 Å². The van der Waals surface area contributed by atoms with Gasteiger partial charge in [-0.3, -0.25) is 14.5 Å². The first-order chi connectivity index (χ1) is 10.0. The second-order valence-electron chi connectivity index (χ2n) is 4.49. The van der Waals surface area contributed by atoms with Crippen LogP contribution in [0.2, 0.25) is 0 Å². The minimum Gasteiger partial charge on any atom is -0.497 e. The molecule has 1 fully saturated rings. The summed E-state index contributed by atoms with van der Waals surface area (Å²) >= 11 is 4.01. The highest BCUT2D eigenvalue weighted by atomic mass is 32.1. The fraction of sp³-hybridized carbons (Fsp3) is 0.357. The standard InChI is InChI=1S/C14H15NO5S/c1-19-10-4-2-9(3-5-10)8-20-14(18)13(21)15-11(16)6-7-12(15)17/h2-5,13,21H,6-8H2,1H3. The zero-order valence-electron chi connectivity index (χ0n) is 11.4. The second kappa shape index (κ2) is 6.62. The van der Waals surface area contributed by atoms with E-state index in [-0.39, 0.29) is 19.4 Å². The van der Waals surface area contributed by atoms with E-state index >= 15 is 0 Å². The number of hydrogen-bond donors (Lipinski definition) is 1. The maximum absolute atomic E-state index is 11.8. The van der Waals surface area contributed by atoms with Gasteiger partial charge >= 0.3 is 5.97 Å². The van der Waals surface area contributed by atoms with Crippen LogP contribution in [-0.2, 0) is 25.7 Å². The zero-order valence-corrected chi connectivity index (χ0v) is 12.3. The number of methoxy groups -OCH3 is 1. The zero-order chi connectivity index (χ0) is 15.4. The number of carbonyl (C=O) groups is 3. The molecular formula is C14H15NO5S. The maximum Gasteiger partial charge on any atom is 0.340 e. The van der Waals surface area contributed by atoms with Gasteiger partial charge in [0.25, 0.3) is 0 Å². The first kappa shape index (κ1) is 15.4. The minimum absolute atomic E-state index is 0.0378. The van der Waals surface area contributed by atoms with Crippen LogP contribution < -0.4 is 4.74 Å². The van der Waals surface area contributed by atoms with E-state index in [1.807, 2.05) is 0 Å². The van der Waals surface area contributed by atoms with Gasteiger partial charge < -0.3 is 9.47 Å². The Bertz CT molecular complexity index is 541. The first-order valence-electron chi connectivity index (χ1n) is 6.35. The summed E-state index contributed by atoms with van der Waals surface area (Å²) in [5, 5.41) is -1.19. The predicted octanol–water partition coefficient (Wildman–Crippen LogP) is 1.14. The van der Waals surface area contributed by atoms with Crippen LogP contribution in [0.4, 0.5) is 0 Å². The number of thiol groups is 1. The maximum atomic E-state index is 11.8. The quantitative estimate of drug-likeness (QED) is 0.502. The molecule has 2 rings (SSSR count). The average molecular weight is 309 g/mol. The van der Waals surface area contributed by atoms with Crippen molar-refractivity contribution in [2.75, 3.05) is 7.11 Å². The molecule has 7 heteroatoms. The van der Waals surface area contributed by atoms with Crippen molar-refractivity contribution in [1.29, 1.82) is 0 Å². The summed E-state index contributed by atoms with van der Waals surface area (Å²) in [7, 11) is 1.56. The minimum atomic E-state index is -1.19. The van der Waals surface area contributed by atoms with E-state index in [4.69, 9.17) is 9.47 Å². The lowest BCUT2D eigenvalue weighted by atomic mass is 10.2. The Labute approximate surface area is 127 Å². The molecule has 21 heavy (non-hydrogen) atoms. The highest BCUT2D eigenvalue weighted by molar-refractivity contribution is 7.81. The van der Waals surface area contributed by atoms with Gasteiger partial charge in [-0.25, -0.2) is 4.79 Å². The smallest absolute Gasteiger partial charge is 0.340 e. The van der Waals surface area contributed by atoms with Crippen molar-refractivity contribution < 1.29 is 23.9 Å². The number of benzene rings is 1. The molecule has 1 heterocycles. The highest BCUT2D eigenvalue weighted by Crippen LogP contribution is 2.19. The van der Waals surface area contributed by atoms with Gasteiger partial charge in [0.15, 0.2) is 5.37 Å². The number of nitrogens with zero attached hydrogens (tertiary/aromatic N) is 1. The van der Waals surface area contributed by atoms with Crippen LogP contribution >= 0.6 is 12.6 Å². The summed E-state index contributed by atoms with van der Waals surface area (Å²) < 4.78 is 10.1. The summed E-state index contributed by atoms with van der Waals surface area (Å²) in [5.41, 5.74) is 0.767. The SMILES string of the molecule is COc1ccc(COC(=O)C(S)N2C(=O)CCC2=O)cc1. The van der Waals surface area contributed by atoms with Crippen LogP contribution in [0.5, 0.6) is 5.75 Å². The molecule has 0 saturated carbocycles. The first-order valence-corrected chi connectivity index (χ1v) is 6.87. The molecule has 112 valence electrons. The van der Waals surface area contributed by atoms with Crippen LogP contribution in [-0.4, -0.2) is 35.2 Å². The third kappa shape index (κ3) is 3.55. The Kier molecular flexibility index (Phi) is 4.85. The normalized spacial score (nSPS) is 16.0. The van der Waals surface area contributed by atoms with E-state index in [1.54, 1.807) is 31.4 Å². The van der Waals surface area contributed by atoms with Crippen molar-refractivity contribution in [3.63, 3.8) is 0 Å². The van der Waals surface area contributed by atoms with Crippen molar-refractivity contribution in [1.82, 2.24) is 4.90 Å². The third-order valence-electron chi connectivity index (χ3n) is 3.09. The molecule has 0 aliphatic carbocycles. The van der Waals surface area contributed by atoms with E-state index in [9.17, 15) is 14.4 Å². The Morgan fingerprint density at radius 3 is 2.33 bits per heavy atom. The van der Waals surface area contributed by atoms with Crippen molar-refractivity contribution in [2.45, 2.75) is 24.8 Å². The Balaban J connectivity index is 1.91. The van der Waals surface area contributed by atoms with Gasteiger partial charge in [0, 0.05) is 12.8 Å². The van der Waals surface area contributed by atoms with Crippen molar-refractivity contribution in [3.8, 4) is 5.75 Å². The van der Waals surface area contributed by atoms with E-state index in [0.717, 1.165) is 10.5 Å². The van der Waals surface area contributed by atoms with Gasteiger partial charge in [-0.1, -0.05) is 12.1 Å². The summed E-state index contributed by atoms with van der Waals surface area (Å²) in [6.07, 6.45) is 0.226. The molecule has 0 radical (unpaired) electrons. The number of imide groups is 1. The number of ether oxygens (including phenoxy) is 2. The average Bonchev–Trinajstić information content (AvgIpc) is 2.83. The van der Waals surface area contributed by atoms with Gasteiger partial charge in [-0.05, 0) is 17.7 Å². The molecule has 0 aromatic heterocycles. The molecule has 1 aromatic rings. The van der Waals surface area contributed by atoms with Gasteiger partial charge in [-0.2, -0.15) is 0 Å². The van der Waals surface area contributed by atoms with E-state index < -0.39 is 23.2 Å². The van der Waals surface area contributed by atoms with Crippen LogP contribution in [0, 0.1) is 0 Å². The molecule has 1 aliphatic heterocycles. The third-order valence-corrected chi connectivity index (χ3v) is 3.53. The van der Waals surface area contributed by atoms with Crippen LogP contribution in [0.15, 0.2) is 24.3 Å².